The molecule has 1 aromatic heterocycles. The number of fused-ring (bicyclic) bond motifs is 1. The molecule has 1 aliphatic heterocycles. The molecule has 0 saturated heterocycles. The first-order valence-corrected chi connectivity index (χ1v) is 11.0. The minimum atomic E-state index is -0.131. The van der Waals surface area contributed by atoms with E-state index in [0.29, 0.717) is 36.9 Å². The molecular formula is C25H33N3O2. The summed E-state index contributed by atoms with van der Waals surface area (Å²) >= 11 is 0. The van der Waals surface area contributed by atoms with Gasteiger partial charge in [-0.15, -0.1) is 0 Å². The van der Waals surface area contributed by atoms with Gasteiger partial charge >= 0.3 is 0 Å². The molecule has 0 radical (unpaired) electrons. The highest BCUT2D eigenvalue weighted by Crippen LogP contribution is 2.27. The Labute approximate surface area is 179 Å². The molecule has 0 spiro atoms. The van der Waals surface area contributed by atoms with Crippen molar-refractivity contribution in [2.45, 2.75) is 59.3 Å². The monoisotopic (exact) mass is 407 g/mol. The third-order valence-corrected chi connectivity index (χ3v) is 5.61. The molecule has 2 heterocycles. The van der Waals surface area contributed by atoms with E-state index in [2.05, 4.69) is 50.1 Å². The maximum absolute atomic E-state index is 13.1. The molecule has 2 aromatic rings. The molecule has 5 nitrogen and oxygen atoms in total. The number of amides is 2. The van der Waals surface area contributed by atoms with Gasteiger partial charge in [-0.1, -0.05) is 52.0 Å². The normalized spacial score (nSPS) is 13.5. The Balaban J connectivity index is 1.73. The maximum atomic E-state index is 13.1. The van der Waals surface area contributed by atoms with Gasteiger partial charge in [0.1, 0.15) is 0 Å². The fraction of sp³-hybridized carbons (Fsp3) is 0.480. The molecule has 5 heteroatoms. The van der Waals surface area contributed by atoms with Crippen molar-refractivity contribution in [3.8, 4) is 0 Å². The Morgan fingerprint density at radius 3 is 2.53 bits per heavy atom. The van der Waals surface area contributed by atoms with Crippen LogP contribution in [-0.4, -0.2) is 29.9 Å². The summed E-state index contributed by atoms with van der Waals surface area (Å²) in [4.78, 5) is 31.9. The number of benzene rings is 1. The lowest BCUT2D eigenvalue weighted by Gasteiger charge is -2.29. The third kappa shape index (κ3) is 5.47. The molecule has 1 aromatic carbocycles. The molecular weight excluding hydrogens is 374 g/mol. The van der Waals surface area contributed by atoms with Crippen molar-refractivity contribution in [1.29, 1.82) is 0 Å². The SMILES string of the molecule is CC(C)CCNC(=O)c1cnc2c(c1)N(C(=O)Cc1ccc(C(C)C)cc1)CCC2. The van der Waals surface area contributed by atoms with Gasteiger partial charge < -0.3 is 10.2 Å². The Morgan fingerprint density at radius 1 is 1.13 bits per heavy atom. The predicted molar refractivity (Wildman–Crippen MR) is 121 cm³/mol. The topological polar surface area (TPSA) is 62.3 Å². The number of carbonyl (C=O) groups is 2. The van der Waals surface area contributed by atoms with Gasteiger partial charge in [0.15, 0.2) is 0 Å². The van der Waals surface area contributed by atoms with Gasteiger partial charge in [-0.2, -0.15) is 0 Å². The van der Waals surface area contributed by atoms with Crippen LogP contribution in [-0.2, 0) is 17.6 Å². The van der Waals surface area contributed by atoms with E-state index >= 15 is 0 Å². The highest BCUT2D eigenvalue weighted by atomic mass is 16.2. The van der Waals surface area contributed by atoms with E-state index in [9.17, 15) is 9.59 Å². The number of nitrogens with one attached hydrogen (secondary N) is 1. The van der Waals surface area contributed by atoms with Crippen LogP contribution >= 0.6 is 0 Å². The summed E-state index contributed by atoms with van der Waals surface area (Å²) in [5.74, 6) is 0.926. The van der Waals surface area contributed by atoms with Crippen LogP contribution in [0.4, 0.5) is 5.69 Å². The van der Waals surface area contributed by atoms with Crippen LogP contribution in [0, 0.1) is 5.92 Å². The average molecular weight is 408 g/mol. The lowest BCUT2D eigenvalue weighted by molar-refractivity contribution is -0.118. The summed E-state index contributed by atoms with van der Waals surface area (Å²) in [7, 11) is 0. The molecule has 0 bridgehead atoms. The van der Waals surface area contributed by atoms with Crippen LogP contribution in [0.1, 0.15) is 73.6 Å². The second kappa shape index (κ2) is 9.88. The quantitative estimate of drug-likeness (QED) is 0.735. The van der Waals surface area contributed by atoms with Crippen LogP contribution < -0.4 is 10.2 Å². The van der Waals surface area contributed by atoms with Gasteiger partial charge in [-0.05, 0) is 48.3 Å². The molecule has 0 unspecified atom stereocenters. The van der Waals surface area contributed by atoms with Crippen molar-refractivity contribution in [2.75, 3.05) is 18.0 Å². The third-order valence-electron chi connectivity index (χ3n) is 5.61. The van der Waals surface area contributed by atoms with E-state index in [-0.39, 0.29) is 11.8 Å². The molecule has 0 aliphatic carbocycles. The molecule has 30 heavy (non-hydrogen) atoms. The number of carbonyl (C=O) groups excluding carboxylic acids is 2. The number of anilines is 1. The highest BCUT2D eigenvalue weighted by molar-refractivity contribution is 5.99. The molecule has 160 valence electrons. The van der Waals surface area contributed by atoms with Gasteiger partial charge in [0.25, 0.3) is 5.91 Å². The first-order chi connectivity index (χ1) is 14.3. The van der Waals surface area contributed by atoms with Crippen LogP contribution in [0.15, 0.2) is 36.5 Å². The second-order valence-corrected chi connectivity index (χ2v) is 8.85. The largest absolute Gasteiger partial charge is 0.352 e. The summed E-state index contributed by atoms with van der Waals surface area (Å²) in [6.45, 7) is 9.89. The van der Waals surface area contributed by atoms with E-state index < -0.39 is 0 Å². The standard InChI is InChI=1S/C25H33N3O2/c1-17(2)11-12-26-25(30)21-15-23-22(27-16-21)6-5-13-28(23)24(29)14-19-7-9-20(10-8-19)18(3)4/h7-10,15-18H,5-6,11-14H2,1-4H3,(H,26,30). The minimum Gasteiger partial charge on any atom is -0.352 e. The van der Waals surface area contributed by atoms with Crippen LogP contribution in [0.2, 0.25) is 0 Å². The van der Waals surface area contributed by atoms with Gasteiger partial charge in [0.2, 0.25) is 5.91 Å². The fourth-order valence-corrected chi connectivity index (χ4v) is 3.68. The number of aryl methyl sites for hydroxylation is 1. The minimum absolute atomic E-state index is 0.0485. The van der Waals surface area contributed by atoms with E-state index in [1.54, 1.807) is 11.1 Å². The average Bonchev–Trinajstić information content (AvgIpc) is 2.72. The Kier molecular flexibility index (Phi) is 7.24. The molecule has 0 atom stereocenters. The Morgan fingerprint density at radius 2 is 1.87 bits per heavy atom. The summed E-state index contributed by atoms with van der Waals surface area (Å²) in [5.41, 5.74) is 4.46. The Hall–Kier alpha value is -2.69. The number of aromatic nitrogens is 1. The second-order valence-electron chi connectivity index (χ2n) is 8.85. The first-order valence-electron chi connectivity index (χ1n) is 11.0. The first kappa shape index (κ1) is 22.0. The maximum Gasteiger partial charge on any atom is 0.252 e. The van der Waals surface area contributed by atoms with Gasteiger partial charge in [-0.3, -0.25) is 14.6 Å². The lowest BCUT2D eigenvalue weighted by atomic mass is 10.00. The zero-order valence-corrected chi connectivity index (χ0v) is 18.6. The van der Waals surface area contributed by atoms with Crippen molar-refractivity contribution >= 4 is 17.5 Å². The number of pyridine rings is 1. The van der Waals surface area contributed by atoms with Gasteiger partial charge in [0.05, 0.1) is 23.4 Å². The molecule has 0 fully saturated rings. The number of rotatable bonds is 7. The van der Waals surface area contributed by atoms with Crippen LogP contribution in [0.25, 0.3) is 0 Å². The van der Waals surface area contributed by atoms with Gasteiger partial charge in [0, 0.05) is 19.3 Å². The number of hydrogen-bond donors (Lipinski definition) is 1. The van der Waals surface area contributed by atoms with Gasteiger partial charge in [-0.25, -0.2) is 0 Å². The van der Waals surface area contributed by atoms with Crippen LogP contribution in [0.3, 0.4) is 0 Å². The van der Waals surface area contributed by atoms with Crippen molar-refractivity contribution < 1.29 is 9.59 Å². The number of nitrogens with zero attached hydrogens (tertiary/aromatic N) is 2. The summed E-state index contributed by atoms with van der Waals surface area (Å²) < 4.78 is 0. The summed E-state index contributed by atoms with van der Waals surface area (Å²) in [6.07, 6.45) is 4.63. The molecule has 0 saturated carbocycles. The zero-order valence-electron chi connectivity index (χ0n) is 18.6. The van der Waals surface area contributed by atoms with E-state index in [1.165, 1.54) is 5.56 Å². The number of hydrogen-bond acceptors (Lipinski definition) is 3. The molecule has 3 rings (SSSR count). The molecule has 1 aliphatic rings. The molecule has 2 amide bonds. The zero-order chi connectivity index (χ0) is 21.7. The summed E-state index contributed by atoms with van der Waals surface area (Å²) in [5, 5.41) is 2.95. The summed E-state index contributed by atoms with van der Waals surface area (Å²) in [6, 6.07) is 10.1. The van der Waals surface area contributed by atoms with E-state index in [4.69, 9.17) is 0 Å². The van der Waals surface area contributed by atoms with Crippen molar-refractivity contribution in [3.05, 3.63) is 58.9 Å². The van der Waals surface area contributed by atoms with Crippen LogP contribution in [0.5, 0.6) is 0 Å². The lowest BCUT2D eigenvalue weighted by Crippen LogP contribution is -2.37. The van der Waals surface area contributed by atoms with Crippen molar-refractivity contribution in [1.82, 2.24) is 10.3 Å². The Bertz CT molecular complexity index is 888. The van der Waals surface area contributed by atoms with Crippen molar-refractivity contribution in [2.24, 2.45) is 5.92 Å². The predicted octanol–water partition coefficient (Wildman–Crippen LogP) is 4.50. The van der Waals surface area contributed by atoms with E-state index in [0.717, 1.165) is 36.2 Å². The van der Waals surface area contributed by atoms with E-state index in [1.807, 2.05) is 18.2 Å². The van der Waals surface area contributed by atoms with Crippen molar-refractivity contribution in [3.63, 3.8) is 0 Å². The smallest absolute Gasteiger partial charge is 0.252 e. The molecule has 1 N–H and O–H groups in total. The fourth-order valence-electron chi connectivity index (χ4n) is 3.68. The highest BCUT2D eigenvalue weighted by Gasteiger charge is 2.25.